The Morgan fingerprint density at radius 1 is 1.65 bits per heavy atom. The Bertz CT molecular complexity index is 350. The summed E-state index contributed by atoms with van der Waals surface area (Å²) in [5, 5.41) is 5.03. The average Bonchev–Trinajstić information content (AvgIpc) is 2.89. The van der Waals surface area contributed by atoms with Crippen molar-refractivity contribution in [3.8, 4) is 0 Å². The molecule has 94 valence electrons. The lowest BCUT2D eigenvalue weighted by Crippen LogP contribution is -2.45. The van der Waals surface area contributed by atoms with Gasteiger partial charge in [0.2, 0.25) is 0 Å². The highest BCUT2D eigenvalue weighted by atomic mass is 32.1. The van der Waals surface area contributed by atoms with Crippen LogP contribution in [0, 0.1) is 5.92 Å². The lowest BCUT2D eigenvalue weighted by molar-refractivity contribution is 0.164. The fourth-order valence-electron chi connectivity index (χ4n) is 2.27. The molecule has 0 aliphatic carbocycles. The van der Waals surface area contributed by atoms with Gasteiger partial charge in [-0.3, -0.25) is 0 Å². The van der Waals surface area contributed by atoms with E-state index in [-0.39, 0.29) is 6.03 Å². The Balaban J connectivity index is 1.79. The highest BCUT2D eigenvalue weighted by Gasteiger charge is 2.22. The van der Waals surface area contributed by atoms with Crippen LogP contribution in [0.2, 0.25) is 0 Å². The van der Waals surface area contributed by atoms with E-state index in [1.54, 1.807) is 11.3 Å². The molecule has 0 aromatic carbocycles. The van der Waals surface area contributed by atoms with E-state index in [0.29, 0.717) is 12.5 Å². The Labute approximate surface area is 107 Å². The van der Waals surface area contributed by atoms with Crippen molar-refractivity contribution < 1.29 is 4.79 Å². The van der Waals surface area contributed by atoms with E-state index >= 15 is 0 Å². The van der Waals surface area contributed by atoms with E-state index in [0.717, 1.165) is 19.5 Å². The topological polar surface area (TPSA) is 32.3 Å². The van der Waals surface area contributed by atoms with Gasteiger partial charge in [0.05, 0.1) is 6.54 Å². The smallest absolute Gasteiger partial charge is 0.317 e. The number of carbonyl (C=O) groups is 1. The van der Waals surface area contributed by atoms with Gasteiger partial charge >= 0.3 is 6.03 Å². The highest BCUT2D eigenvalue weighted by molar-refractivity contribution is 7.09. The van der Waals surface area contributed by atoms with E-state index in [9.17, 15) is 4.79 Å². The third kappa shape index (κ3) is 3.46. The molecular weight excluding hydrogens is 232 g/mol. The van der Waals surface area contributed by atoms with Gasteiger partial charge in [0, 0.05) is 18.0 Å². The van der Waals surface area contributed by atoms with Gasteiger partial charge in [-0.1, -0.05) is 19.4 Å². The molecule has 0 radical (unpaired) electrons. The van der Waals surface area contributed by atoms with Crippen molar-refractivity contribution in [2.24, 2.45) is 5.92 Å². The number of hydrogen-bond acceptors (Lipinski definition) is 2. The predicted octanol–water partition coefficient (Wildman–Crippen LogP) is 3.08. The second-order valence-electron chi connectivity index (χ2n) is 4.60. The maximum atomic E-state index is 12.0. The quantitative estimate of drug-likeness (QED) is 0.881. The molecule has 1 unspecified atom stereocenters. The monoisotopic (exact) mass is 252 g/mol. The average molecular weight is 252 g/mol. The third-order valence-electron chi connectivity index (χ3n) is 3.38. The van der Waals surface area contributed by atoms with Gasteiger partial charge in [0.1, 0.15) is 0 Å². The van der Waals surface area contributed by atoms with Crippen LogP contribution in [0.5, 0.6) is 0 Å². The van der Waals surface area contributed by atoms with Crippen LogP contribution in [-0.4, -0.2) is 24.0 Å². The molecule has 1 N–H and O–H groups in total. The van der Waals surface area contributed by atoms with Gasteiger partial charge in [-0.25, -0.2) is 4.79 Å². The second kappa shape index (κ2) is 6.05. The summed E-state index contributed by atoms with van der Waals surface area (Å²) in [6.07, 6.45) is 3.59. The minimum Gasteiger partial charge on any atom is -0.333 e. The molecule has 1 aliphatic rings. The molecule has 17 heavy (non-hydrogen) atoms. The summed E-state index contributed by atoms with van der Waals surface area (Å²) in [5.41, 5.74) is 0. The number of hydrogen-bond donors (Lipinski definition) is 1. The minimum absolute atomic E-state index is 0.0940. The maximum absolute atomic E-state index is 12.0. The number of rotatable bonds is 3. The van der Waals surface area contributed by atoms with Crippen molar-refractivity contribution >= 4 is 17.4 Å². The minimum atomic E-state index is 0.0940. The van der Waals surface area contributed by atoms with Crippen LogP contribution < -0.4 is 5.32 Å². The number of urea groups is 1. The van der Waals surface area contributed by atoms with Crippen molar-refractivity contribution in [2.75, 3.05) is 13.1 Å². The Kier molecular flexibility index (Phi) is 4.42. The normalized spacial score (nSPS) is 20.3. The molecule has 2 amide bonds. The molecule has 0 spiro atoms. The fourth-order valence-corrected chi connectivity index (χ4v) is 2.92. The van der Waals surface area contributed by atoms with Crippen LogP contribution >= 0.6 is 11.3 Å². The van der Waals surface area contributed by atoms with Crippen molar-refractivity contribution in [3.63, 3.8) is 0 Å². The van der Waals surface area contributed by atoms with E-state index < -0.39 is 0 Å². The van der Waals surface area contributed by atoms with E-state index in [4.69, 9.17) is 0 Å². The van der Waals surface area contributed by atoms with Gasteiger partial charge in [-0.05, 0) is 30.2 Å². The molecule has 1 aromatic heterocycles. The predicted molar refractivity (Wildman–Crippen MR) is 71.1 cm³/mol. The molecule has 1 aliphatic heterocycles. The molecule has 1 fully saturated rings. The summed E-state index contributed by atoms with van der Waals surface area (Å²) in [6.45, 7) is 4.70. The summed E-state index contributed by atoms with van der Waals surface area (Å²) in [7, 11) is 0. The van der Waals surface area contributed by atoms with Gasteiger partial charge in [0.25, 0.3) is 0 Å². The zero-order chi connectivity index (χ0) is 12.1. The molecular formula is C13H20N2OS. The van der Waals surface area contributed by atoms with Crippen LogP contribution in [-0.2, 0) is 6.54 Å². The fraction of sp³-hybridized carbons (Fsp3) is 0.615. The molecule has 1 saturated heterocycles. The standard InChI is InChI=1S/C13H20N2OS/c1-2-11-5-3-7-15(10-11)13(16)14-9-12-6-4-8-17-12/h4,6,8,11H,2-3,5,7,9-10H2,1H3,(H,14,16). The third-order valence-corrected chi connectivity index (χ3v) is 4.25. The van der Waals surface area contributed by atoms with Crippen LogP contribution in [0.3, 0.4) is 0 Å². The Morgan fingerprint density at radius 2 is 2.53 bits per heavy atom. The van der Waals surface area contributed by atoms with Gasteiger partial charge in [-0.15, -0.1) is 11.3 Å². The van der Waals surface area contributed by atoms with Crippen LogP contribution in [0.15, 0.2) is 17.5 Å². The number of thiophene rings is 1. The Morgan fingerprint density at radius 3 is 3.24 bits per heavy atom. The lowest BCUT2D eigenvalue weighted by atomic mass is 9.96. The molecule has 2 rings (SSSR count). The first-order valence-electron chi connectivity index (χ1n) is 6.34. The summed E-state index contributed by atoms with van der Waals surface area (Å²) in [6, 6.07) is 4.16. The Hall–Kier alpha value is -1.03. The van der Waals surface area contributed by atoms with Crippen molar-refractivity contribution in [2.45, 2.75) is 32.7 Å². The molecule has 3 nitrogen and oxygen atoms in total. The number of nitrogens with one attached hydrogen (secondary N) is 1. The first kappa shape index (κ1) is 12.4. The molecule has 2 heterocycles. The molecule has 1 atom stereocenters. The highest BCUT2D eigenvalue weighted by Crippen LogP contribution is 2.19. The molecule has 1 aromatic rings. The van der Waals surface area contributed by atoms with Crippen LogP contribution in [0.1, 0.15) is 31.1 Å². The molecule has 0 saturated carbocycles. The zero-order valence-corrected chi connectivity index (χ0v) is 11.1. The zero-order valence-electron chi connectivity index (χ0n) is 10.3. The number of nitrogens with zero attached hydrogens (tertiary/aromatic N) is 1. The number of amides is 2. The number of piperidine rings is 1. The first-order valence-corrected chi connectivity index (χ1v) is 7.22. The molecule has 0 bridgehead atoms. The van der Waals surface area contributed by atoms with E-state index in [2.05, 4.69) is 18.3 Å². The van der Waals surface area contributed by atoms with Crippen molar-refractivity contribution in [1.29, 1.82) is 0 Å². The first-order chi connectivity index (χ1) is 8.29. The van der Waals surface area contributed by atoms with Crippen LogP contribution in [0.4, 0.5) is 4.79 Å². The van der Waals surface area contributed by atoms with E-state index in [1.165, 1.54) is 17.7 Å². The maximum Gasteiger partial charge on any atom is 0.317 e. The number of likely N-dealkylation sites (tertiary alicyclic amines) is 1. The SMILES string of the molecule is CCC1CCCN(C(=O)NCc2cccs2)C1. The second-order valence-corrected chi connectivity index (χ2v) is 5.63. The van der Waals surface area contributed by atoms with Gasteiger partial charge in [-0.2, -0.15) is 0 Å². The van der Waals surface area contributed by atoms with E-state index in [1.807, 2.05) is 16.3 Å². The lowest BCUT2D eigenvalue weighted by Gasteiger charge is -2.32. The largest absolute Gasteiger partial charge is 0.333 e. The van der Waals surface area contributed by atoms with Gasteiger partial charge < -0.3 is 10.2 Å². The molecule has 4 heteroatoms. The van der Waals surface area contributed by atoms with Crippen LogP contribution in [0.25, 0.3) is 0 Å². The van der Waals surface area contributed by atoms with Gasteiger partial charge in [0.15, 0.2) is 0 Å². The summed E-state index contributed by atoms with van der Waals surface area (Å²) in [4.78, 5) is 15.1. The summed E-state index contributed by atoms with van der Waals surface area (Å²) >= 11 is 1.68. The number of carbonyl (C=O) groups excluding carboxylic acids is 1. The summed E-state index contributed by atoms with van der Waals surface area (Å²) in [5.74, 6) is 0.691. The summed E-state index contributed by atoms with van der Waals surface area (Å²) < 4.78 is 0. The van der Waals surface area contributed by atoms with Crippen molar-refractivity contribution in [1.82, 2.24) is 10.2 Å². The van der Waals surface area contributed by atoms with Crippen molar-refractivity contribution in [3.05, 3.63) is 22.4 Å².